The second-order valence-electron chi connectivity index (χ2n) is 8.78. The fraction of sp³-hybridized carbons (Fsp3) is 0.500. The predicted molar refractivity (Wildman–Crippen MR) is 124 cm³/mol. The van der Waals surface area contributed by atoms with Gasteiger partial charge in [0.1, 0.15) is 6.33 Å². The maximum atomic E-state index is 12.8. The molecule has 0 spiro atoms. The molecule has 1 N–H and O–H groups in total. The van der Waals surface area contributed by atoms with Crippen LogP contribution in [0.15, 0.2) is 30.6 Å². The Labute approximate surface area is 194 Å². The average Bonchev–Trinajstić information content (AvgIpc) is 2.76. The third-order valence-corrected chi connectivity index (χ3v) is 6.12. The number of aromatic nitrogens is 2. The third-order valence-electron chi connectivity index (χ3n) is 5.86. The van der Waals surface area contributed by atoms with Crippen LogP contribution >= 0.6 is 11.6 Å². The molecule has 1 fully saturated rings. The molecule has 1 aromatic carbocycles. The molecule has 0 radical (unpaired) electrons. The first-order chi connectivity index (χ1) is 15.2. The second kappa shape index (κ2) is 10.8. The van der Waals surface area contributed by atoms with E-state index >= 15 is 0 Å². The van der Waals surface area contributed by atoms with Crippen LogP contribution in [0.4, 0.5) is 4.79 Å². The highest BCUT2D eigenvalue weighted by atomic mass is 35.5. The van der Waals surface area contributed by atoms with Gasteiger partial charge in [-0.3, -0.25) is 4.79 Å². The number of nitrogens with zero attached hydrogens (tertiary/aromatic N) is 3. The van der Waals surface area contributed by atoms with Crippen LogP contribution in [0.3, 0.4) is 0 Å². The lowest BCUT2D eigenvalue weighted by Gasteiger charge is -2.36. The van der Waals surface area contributed by atoms with Crippen LogP contribution in [0.25, 0.3) is 0 Å². The van der Waals surface area contributed by atoms with E-state index in [0.717, 1.165) is 19.3 Å². The summed E-state index contributed by atoms with van der Waals surface area (Å²) in [5, 5.41) is 3.82. The number of ether oxygens (including phenoxy) is 1. The lowest BCUT2D eigenvalue weighted by molar-refractivity contribution is 0.0871. The standard InChI is InChI=1S/C24H31ClN4O3/c1-15(2)13-21(28-23(30)19-5-7-20(25)8-6-19)18-9-11-29(12-10-18)24(31)32-22-16(3)26-14-27-17(22)4/h5-8,14-15,18,21H,9-13H2,1-4H3,(H,28,30). The number of carbonyl (C=O) groups is 2. The second-order valence-corrected chi connectivity index (χ2v) is 9.22. The van der Waals surface area contributed by atoms with Crippen LogP contribution < -0.4 is 10.1 Å². The van der Waals surface area contributed by atoms with E-state index in [1.165, 1.54) is 6.33 Å². The molecule has 3 rings (SSSR count). The van der Waals surface area contributed by atoms with Gasteiger partial charge in [0.2, 0.25) is 0 Å². The van der Waals surface area contributed by atoms with E-state index in [4.69, 9.17) is 16.3 Å². The van der Waals surface area contributed by atoms with Gasteiger partial charge in [0.15, 0.2) is 5.75 Å². The molecule has 32 heavy (non-hydrogen) atoms. The highest BCUT2D eigenvalue weighted by Gasteiger charge is 2.31. The van der Waals surface area contributed by atoms with Gasteiger partial charge in [0.05, 0.1) is 11.4 Å². The molecule has 1 unspecified atom stereocenters. The molecule has 0 bridgehead atoms. The largest absolute Gasteiger partial charge is 0.415 e. The summed E-state index contributed by atoms with van der Waals surface area (Å²) in [6.07, 6.45) is 3.57. The molecule has 1 aliphatic rings. The summed E-state index contributed by atoms with van der Waals surface area (Å²) in [6, 6.07) is 6.96. The van der Waals surface area contributed by atoms with Crippen LogP contribution in [0.5, 0.6) is 5.75 Å². The van der Waals surface area contributed by atoms with E-state index in [9.17, 15) is 9.59 Å². The Kier molecular flexibility index (Phi) is 8.07. The van der Waals surface area contributed by atoms with Gasteiger partial charge in [-0.15, -0.1) is 0 Å². The number of nitrogens with one attached hydrogen (secondary N) is 1. The number of aryl methyl sites for hydroxylation is 2. The van der Waals surface area contributed by atoms with Crippen molar-refractivity contribution in [2.75, 3.05) is 13.1 Å². The number of rotatable bonds is 6. The first-order valence-corrected chi connectivity index (χ1v) is 11.4. The summed E-state index contributed by atoms with van der Waals surface area (Å²) < 4.78 is 5.59. The summed E-state index contributed by atoms with van der Waals surface area (Å²) >= 11 is 5.94. The van der Waals surface area contributed by atoms with Gasteiger partial charge in [-0.1, -0.05) is 25.4 Å². The van der Waals surface area contributed by atoms with Crippen molar-refractivity contribution in [3.63, 3.8) is 0 Å². The Hall–Kier alpha value is -2.67. The molecule has 0 saturated carbocycles. The van der Waals surface area contributed by atoms with Gasteiger partial charge in [-0.05, 0) is 69.2 Å². The zero-order chi connectivity index (χ0) is 23.3. The topological polar surface area (TPSA) is 84.4 Å². The first kappa shape index (κ1) is 24.0. The minimum Gasteiger partial charge on any atom is -0.406 e. The third kappa shape index (κ3) is 6.19. The van der Waals surface area contributed by atoms with Crippen molar-refractivity contribution in [3.05, 3.63) is 52.6 Å². The number of likely N-dealkylation sites (tertiary alicyclic amines) is 1. The van der Waals surface area contributed by atoms with Crippen molar-refractivity contribution in [2.45, 2.75) is 53.0 Å². The lowest BCUT2D eigenvalue weighted by Crippen LogP contribution is -2.47. The molecule has 1 saturated heterocycles. The van der Waals surface area contributed by atoms with E-state index in [2.05, 4.69) is 29.1 Å². The zero-order valence-electron chi connectivity index (χ0n) is 19.1. The summed E-state index contributed by atoms with van der Waals surface area (Å²) in [7, 11) is 0. The van der Waals surface area contributed by atoms with Gasteiger partial charge in [-0.2, -0.15) is 0 Å². The van der Waals surface area contributed by atoms with Crippen LogP contribution in [0.1, 0.15) is 54.9 Å². The fourth-order valence-electron chi connectivity index (χ4n) is 4.10. The van der Waals surface area contributed by atoms with Gasteiger partial charge >= 0.3 is 6.09 Å². The summed E-state index contributed by atoms with van der Waals surface area (Å²) in [4.78, 5) is 35.4. The van der Waals surface area contributed by atoms with Crippen LogP contribution in [-0.2, 0) is 0 Å². The quantitative estimate of drug-likeness (QED) is 0.671. The maximum Gasteiger partial charge on any atom is 0.415 e. The molecule has 1 aliphatic heterocycles. The van der Waals surface area contributed by atoms with E-state index in [1.54, 1.807) is 43.0 Å². The molecular formula is C24H31ClN4O3. The molecule has 172 valence electrons. The van der Waals surface area contributed by atoms with E-state index < -0.39 is 0 Å². The Morgan fingerprint density at radius 2 is 1.72 bits per heavy atom. The predicted octanol–water partition coefficient (Wildman–Crippen LogP) is 4.80. The van der Waals surface area contributed by atoms with Crippen LogP contribution in [-0.4, -0.2) is 46.0 Å². The molecule has 1 atom stereocenters. The van der Waals surface area contributed by atoms with Crippen molar-refractivity contribution < 1.29 is 14.3 Å². The number of carbonyl (C=O) groups excluding carboxylic acids is 2. The minimum atomic E-state index is -0.380. The van der Waals surface area contributed by atoms with E-state index in [0.29, 0.717) is 52.6 Å². The number of piperidine rings is 1. The Balaban J connectivity index is 1.60. The highest BCUT2D eigenvalue weighted by molar-refractivity contribution is 6.30. The van der Waals surface area contributed by atoms with Crippen molar-refractivity contribution in [1.29, 1.82) is 0 Å². The molecule has 1 aromatic heterocycles. The van der Waals surface area contributed by atoms with Gasteiger partial charge in [0.25, 0.3) is 5.91 Å². The number of halogens is 1. The van der Waals surface area contributed by atoms with Gasteiger partial charge in [0, 0.05) is 29.7 Å². The molecule has 2 amide bonds. The average molecular weight is 459 g/mol. The molecule has 2 aromatic rings. The maximum absolute atomic E-state index is 12.8. The SMILES string of the molecule is Cc1ncnc(C)c1OC(=O)N1CCC(C(CC(C)C)NC(=O)c2ccc(Cl)cc2)CC1. The Morgan fingerprint density at radius 1 is 1.12 bits per heavy atom. The smallest absolute Gasteiger partial charge is 0.406 e. The molecule has 0 aliphatic carbocycles. The van der Waals surface area contributed by atoms with Crippen molar-refractivity contribution >= 4 is 23.6 Å². The summed E-state index contributed by atoms with van der Waals surface area (Å²) in [5.74, 6) is 1.07. The minimum absolute atomic E-state index is 0.0448. The molecule has 2 heterocycles. The van der Waals surface area contributed by atoms with Crippen LogP contribution in [0.2, 0.25) is 5.02 Å². The molecular weight excluding hydrogens is 428 g/mol. The molecule has 8 heteroatoms. The van der Waals surface area contributed by atoms with Crippen LogP contribution in [0, 0.1) is 25.7 Å². The van der Waals surface area contributed by atoms with Gasteiger partial charge < -0.3 is 15.0 Å². The lowest BCUT2D eigenvalue weighted by atomic mass is 9.85. The highest BCUT2D eigenvalue weighted by Crippen LogP contribution is 2.27. The fourth-order valence-corrected chi connectivity index (χ4v) is 4.22. The first-order valence-electron chi connectivity index (χ1n) is 11.1. The Bertz CT molecular complexity index is 921. The molecule has 7 nitrogen and oxygen atoms in total. The number of amides is 2. The monoisotopic (exact) mass is 458 g/mol. The number of hydrogen-bond donors (Lipinski definition) is 1. The summed E-state index contributed by atoms with van der Waals surface area (Å²) in [5.41, 5.74) is 1.88. The van der Waals surface area contributed by atoms with Crippen molar-refractivity contribution in [1.82, 2.24) is 20.2 Å². The number of hydrogen-bond acceptors (Lipinski definition) is 5. The summed E-state index contributed by atoms with van der Waals surface area (Å²) in [6.45, 7) is 9.06. The normalized spacial score (nSPS) is 15.5. The van der Waals surface area contributed by atoms with Crippen molar-refractivity contribution in [2.24, 2.45) is 11.8 Å². The Morgan fingerprint density at radius 3 is 2.28 bits per heavy atom. The number of benzene rings is 1. The zero-order valence-corrected chi connectivity index (χ0v) is 19.9. The van der Waals surface area contributed by atoms with E-state index in [-0.39, 0.29) is 18.0 Å². The van der Waals surface area contributed by atoms with Gasteiger partial charge in [-0.25, -0.2) is 14.8 Å². The van der Waals surface area contributed by atoms with E-state index in [1.807, 2.05) is 0 Å². The van der Waals surface area contributed by atoms with Crippen molar-refractivity contribution in [3.8, 4) is 5.75 Å².